The van der Waals surface area contributed by atoms with Gasteiger partial charge in [-0.1, -0.05) is 24.3 Å². The third kappa shape index (κ3) is 4.57. The zero-order valence-electron chi connectivity index (χ0n) is 13.2. The van der Waals surface area contributed by atoms with Gasteiger partial charge in [0.25, 0.3) is 5.91 Å². The van der Waals surface area contributed by atoms with Crippen LogP contribution in [0, 0.1) is 0 Å². The summed E-state index contributed by atoms with van der Waals surface area (Å²) in [5.74, 6) is -0.835. The molecule has 2 aromatic rings. The first-order chi connectivity index (χ1) is 11.5. The lowest BCUT2D eigenvalue weighted by molar-refractivity contribution is -0.142. The first kappa shape index (κ1) is 17.5. The van der Waals surface area contributed by atoms with Crippen molar-refractivity contribution in [2.24, 2.45) is 0 Å². The van der Waals surface area contributed by atoms with Crippen molar-refractivity contribution >= 4 is 11.9 Å². The molecule has 0 heterocycles. The molecule has 3 N–H and O–H groups in total. The second kappa shape index (κ2) is 8.12. The molecule has 0 saturated carbocycles. The van der Waals surface area contributed by atoms with Crippen LogP contribution >= 0.6 is 0 Å². The Morgan fingerprint density at radius 1 is 1.04 bits per heavy atom. The number of phenolic OH excluding ortho intramolecular Hbond substituents is 1. The summed E-state index contributed by atoms with van der Waals surface area (Å²) in [6, 6.07) is 12.0. The summed E-state index contributed by atoms with van der Waals surface area (Å²) in [5.41, 5.74) is 1.85. The number of ether oxygens (including phenoxy) is 1. The number of methoxy groups -OCH3 is 1. The molecule has 0 spiro atoms. The maximum atomic E-state index is 12.3. The highest BCUT2D eigenvalue weighted by atomic mass is 16.5. The van der Waals surface area contributed by atoms with E-state index in [4.69, 9.17) is 9.84 Å². The molecule has 2 aromatic carbocycles. The van der Waals surface area contributed by atoms with Crippen LogP contribution in [0.15, 0.2) is 48.5 Å². The first-order valence-corrected chi connectivity index (χ1v) is 7.40. The van der Waals surface area contributed by atoms with Crippen LogP contribution in [0.1, 0.15) is 21.5 Å². The molecule has 0 aliphatic carbocycles. The minimum Gasteiger partial charge on any atom is -0.508 e. The van der Waals surface area contributed by atoms with Crippen LogP contribution in [0.5, 0.6) is 5.75 Å². The van der Waals surface area contributed by atoms with E-state index < -0.39 is 17.9 Å². The molecule has 6 nitrogen and oxygen atoms in total. The number of aromatic hydroxyl groups is 1. The smallest absolute Gasteiger partial charge is 0.328 e. The molecule has 1 amide bonds. The summed E-state index contributed by atoms with van der Waals surface area (Å²) < 4.78 is 4.75. The van der Waals surface area contributed by atoms with Crippen molar-refractivity contribution in [1.29, 1.82) is 0 Å². The van der Waals surface area contributed by atoms with E-state index in [2.05, 4.69) is 5.32 Å². The molecule has 0 fully saturated rings. The van der Waals surface area contributed by atoms with Gasteiger partial charge in [0.05, 0.1) is 13.7 Å². The maximum Gasteiger partial charge on any atom is 0.328 e. The van der Waals surface area contributed by atoms with E-state index in [1.54, 1.807) is 36.4 Å². The second-order valence-corrected chi connectivity index (χ2v) is 5.27. The van der Waals surface area contributed by atoms with E-state index in [1.165, 1.54) is 19.2 Å². The van der Waals surface area contributed by atoms with Crippen LogP contribution in [-0.4, -0.2) is 35.2 Å². The number of hydrogen-bond acceptors (Lipinski definition) is 5. The van der Waals surface area contributed by atoms with Gasteiger partial charge >= 0.3 is 5.97 Å². The van der Waals surface area contributed by atoms with Crippen LogP contribution in [0.25, 0.3) is 0 Å². The number of carbonyl (C=O) groups is 2. The Balaban J connectivity index is 2.11. The maximum absolute atomic E-state index is 12.3. The van der Waals surface area contributed by atoms with Gasteiger partial charge in [-0.3, -0.25) is 4.79 Å². The van der Waals surface area contributed by atoms with E-state index >= 15 is 0 Å². The summed E-state index contributed by atoms with van der Waals surface area (Å²) >= 11 is 0. The highest BCUT2D eigenvalue weighted by molar-refractivity contribution is 5.96. The Bertz CT molecular complexity index is 694. The van der Waals surface area contributed by atoms with Gasteiger partial charge in [-0.25, -0.2) is 4.79 Å². The average Bonchev–Trinajstić information content (AvgIpc) is 2.62. The molecule has 0 bridgehead atoms. The van der Waals surface area contributed by atoms with Crippen molar-refractivity contribution in [1.82, 2.24) is 5.32 Å². The predicted octanol–water partition coefficient (Wildman–Crippen LogP) is 1.40. The summed E-state index contributed by atoms with van der Waals surface area (Å²) in [5, 5.41) is 21.0. The van der Waals surface area contributed by atoms with Gasteiger partial charge in [-0.15, -0.1) is 0 Å². The Hall–Kier alpha value is -2.86. The standard InChI is InChI=1S/C18H19NO5/c1-24-18(23)16(10-12-4-8-15(21)9-5-12)19-17(22)14-6-2-13(11-20)3-7-14/h2-9,16,20-21H,10-11H2,1H3,(H,19,22). The molecule has 1 unspecified atom stereocenters. The number of aliphatic hydroxyl groups excluding tert-OH is 1. The highest BCUT2D eigenvalue weighted by Gasteiger charge is 2.22. The van der Waals surface area contributed by atoms with E-state index in [-0.39, 0.29) is 18.8 Å². The third-order valence-corrected chi connectivity index (χ3v) is 3.57. The number of phenols is 1. The molecule has 0 saturated heterocycles. The highest BCUT2D eigenvalue weighted by Crippen LogP contribution is 2.12. The Kier molecular flexibility index (Phi) is 5.92. The van der Waals surface area contributed by atoms with E-state index in [9.17, 15) is 14.7 Å². The monoisotopic (exact) mass is 329 g/mol. The summed E-state index contributed by atoms with van der Waals surface area (Å²) in [6.07, 6.45) is 0.243. The van der Waals surface area contributed by atoms with Gasteiger partial charge in [0.2, 0.25) is 0 Å². The fraction of sp³-hybridized carbons (Fsp3) is 0.222. The predicted molar refractivity (Wildman–Crippen MR) is 87.4 cm³/mol. The zero-order valence-corrected chi connectivity index (χ0v) is 13.2. The number of benzene rings is 2. The molecule has 0 radical (unpaired) electrons. The van der Waals surface area contributed by atoms with E-state index in [1.807, 2.05) is 0 Å². The second-order valence-electron chi connectivity index (χ2n) is 5.27. The van der Waals surface area contributed by atoms with Crippen LogP contribution in [-0.2, 0) is 22.6 Å². The van der Waals surface area contributed by atoms with Crippen molar-refractivity contribution in [2.45, 2.75) is 19.1 Å². The van der Waals surface area contributed by atoms with Crippen LogP contribution < -0.4 is 5.32 Å². The number of amides is 1. The first-order valence-electron chi connectivity index (χ1n) is 7.40. The summed E-state index contributed by atoms with van der Waals surface area (Å²) in [4.78, 5) is 24.2. The van der Waals surface area contributed by atoms with Crippen molar-refractivity contribution in [3.05, 3.63) is 65.2 Å². The third-order valence-electron chi connectivity index (χ3n) is 3.57. The van der Waals surface area contributed by atoms with Crippen LogP contribution in [0.2, 0.25) is 0 Å². The lowest BCUT2D eigenvalue weighted by atomic mass is 10.0. The normalized spacial score (nSPS) is 11.6. The molecule has 2 rings (SSSR count). The van der Waals surface area contributed by atoms with Crippen molar-refractivity contribution < 1.29 is 24.5 Å². The summed E-state index contributed by atoms with van der Waals surface area (Å²) in [6.45, 7) is -0.104. The SMILES string of the molecule is COC(=O)C(Cc1ccc(O)cc1)NC(=O)c1ccc(CO)cc1. The number of esters is 1. The topological polar surface area (TPSA) is 95.9 Å². The van der Waals surface area contributed by atoms with Gasteiger partial charge in [0, 0.05) is 12.0 Å². The average molecular weight is 329 g/mol. The molecule has 126 valence electrons. The zero-order chi connectivity index (χ0) is 17.5. The molecular formula is C18H19NO5. The van der Waals surface area contributed by atoms with Gasteiger partial charge in [-0.2, -0.15) is 0 Å². The number of nitrogens with one attached hydrogen (secondary N) is 1. The molecule has 0 aromatic heterocycles. The number of rotatable bonds is 6. The van der Waals surface area contributed by atoms with Crippen molar-refractivity contribution in [3.63, 3.8) is 0 Å². The number of carbonyl (C=O) groups excluding carboxylic acids is 2. The Morgan fingerprint density at radius 2 is 1.62 bits per heavy atom. The van der Waals surface area contributed by atoms with Gasteiger partial charge in [-0.05, 0) is 35.4 Å². The van der Waals surface area contributed by atoms with Gasteiger partial charge < -0.3 is 20.3 Å². The van der Waals surface area contributed by atoms with Gasteiger partial charge in [0.1, 0.15) is 11.8 Å². The minimum atomic E-state index is -0.843. The minimum absolute atomic E-state index is 0.104. The Labute approximate surface area is 139 Å². The Morgan fingerprint density at radius 3 is 2.17 bits per heavy atom. The molecule has 1 atom stereocenters. The number of hydrogen-bond donors (Lipinski definition) is 3. The molecule has 6 heteroatoms. The quantitative estimate of drug-likeness (QED) is 0.696. The lowest BCUT2D eigenvalue weighted by Crippen LogP contribution is -2.43. The van der Waals surface area contributed by atoms with E-state index in [0.717, 1.165) is 5.56 Å². The van der Waals surface area contributed by atoms with E-state index in [0.29, 0.717) is 11.1 Å². The molecule has 0 aliphatic heterocycles. The van der Waals surface area contributed by atoms with Crippen LogP contribution in [0.4, 0.5) is 0 Å². The molecular weight excluding hydrogens is 310 g/mol. The largest absolute Gasteiger partial charge is 0.508 e. The van der Waals surface area contributed by atoms with Crippen molar-refractivity contribution in [2.75, 3.05) is 7.11 Å². The fourth-order valence-electron chi connectivity index (χ4n) is 2.21. The molecule has 24 heavy (non-hydrogen) atoms. The summed E-state index contributed by atoms with van der Waals surface area (Å²) in [7, 11) is 1.26. The van der Waals surface area contributed by atoms with Crippen LogP contribution in [0.3, 0.4) is 0 Å². The molecule has 0 aliphatic rings. The lowest BCUT2D eigenvalue weighted by Gasteiger charge is -2.17. The van der Waals surface area contributed by atoms with Gasteiger partial charge in [0.15, 0.2) is 0 Å². The fourth-order valence-corrected chi connectivity index (χ4v) is 2.21. The van der Waals surface area contributed by atoms with Crippen molar-refractivity contribution in [3.8, 4) is 5.75 Å². The number of aliphatic hydroxyl groups is 1.